The van der Waals surface area contributed by atoms with Gasteiger partial charge in [0.05, 0.1) is 15.6 Å². The second kappa shape index (κ2) is 14.8. The Labute approximate surface area is 267 Å². The molecular formula is C32H30Cl3N3O4S. The summed E-state index contributed by atoms with van der Waals surface area (Å²) < 4.78 is 28.9. The molecule has 0 aliphatic carbocycles. The fourth-order valence-corrected chi connectivity index (χ4v) is 6.82. The fraction of sp³-hybridized carbons (Fsp3) is 0.188. The second-order valence-corrected chi connectivity index (χ2v) is 12.8. The maximum absolute atomic E-state index is 14.4. The maximum Gasteiger partial charge on any atom is 0.264 e. The molecule has 1 N–H and O–H groups in total. The molecule has 1 atom stereocenters. The van der Waals surface area contributed by atoms with Crippen molar-refractivity contribution in [2.75, 3.05) is 17.4 Å². The van der Waals surface area contributed by atoms with E-state index in [1.54, 1.807) is 49.4 Å². The molecule has 4 rings (SSSR count). The SMILES string of the molecule is CCNC(=O)C(Cc1ccccc1)N(Cc1cccc(Cl)c1)C(=O)CN(c1ccc(Cl)cc1Cl)S(=O)(=O)c1ccccc1. The van der Waals surface area contributed by atoms with Crippen molar-refractivity contribution in [2.45, 2.75) is 30.8 Å². The van der Waals surface area contributed by atoms with E-state index in [0.717, 1.165) is 9.87 Å². The van der Waals surface area contributed by atoms with Gasteiger partial charge in [0, 0.05) is 29.6 Å². The zero-order chi connectivity index (χ0) is 31.0. The van der Waals surface area contributed by atoms with E-state index in [1.165, 1.54) is 35.2 Å². The molecule has 0 aliphatic rings. The minimum Gasteiger partial charge on any atom is -0.355 e. The monoisotopic (exact) mass is 657 g/mol. The van der Waals surface area contributed by atoms with Gasteiger partial charge < -0.3 is 10.2 Å². The minimum atomic E-state index is -4.28. The van der Waals surface area contributed by atoms with Crippen LogP contribution in [0.25, 0.3) is 0 Å². The van der Waals surface area contributed by atoms with E-state index >= 15 is 0 Å². The minimum absolute atomic E-state index is 0.00159. The van der Waals surface area contributed by atoms with Crippen LogP contribution in [0.5, 0.6) is 0 Å². The number of hydrogen-bond donors (Lipinski definition) is 1. The summed E-state index contributed by atoms with van der Waals surface area (Å²) in [6, 6.07) is 27.4. The highest BCUT2D eigenvalue weighted by atomic mass is 35.5. The third-order valence-electron chi connectivity index (χ3n) is 6.65. The lowest BCUT2D eigenvalue weighted by molar-refractivity contribution is -0.140. The van der Waals surface area contributed by atoms with E-state index in [1.807, 2.05) is 30.3 Å². The Hall–Kier alpha value is -3.56. The van der Waals surface area contributed by atoms with Crippen LogP contribution in [0.1, 0.15) is 18.1 Å². The number of carbonyl (C=O) groups excluding carboxylic acids is 2. The molecule has 0 saturated heterocycles. The molecule has 2 amide bonds. The molecule has 224 valence electrons. The van der Waals surface area contributed by atoms with Gasteiger partial charge in [0.1, 0.15) is 12.6 Å². The van der Waals surface area contributed by atoms with E-state index in [2.05, 4.69) is 5.32 Å². The second-order valence-electron chi connectivity index (χ2n) is 9.67. The number of hydrogen-bond acceptors (Lipinski definition) is 4. The van der Waals surface area contributed by atoms with Gasteiger partial charge in [-0.05, 0) is 60.5 Å². The average Bonchev–Trinajstić information content (AvgIpc) is 2.99. The summed E-state index contributed by atoms with van der Waals surface area (Å²) in [5, 5.41) is 3.64. The first-order valence-corrected chi connectivity index (χ1v) is 16.1. The first kappa shape index (κ1) is 32.4. The average molecular weight is 659 g/mol. The molecule has 0 bridgehead atoms. The van der Waals surface area contributed by atoms with Gasteiger partial charge in [0.25, 0.3) is 10.0 Å². The van der Waals surface area contributed by atoms with E-state index < -0.39 is 28.5 Å². The Kier molecular flexibility index (Phi) is 11.1. The molecule has 0 spiro atoms. The summed E-state index contributed by atoms with van der Waals surface area (Å²) in [6.07, 6.45) is 0.201. The molecule has 1 unspecified atom stereocenters. The molecule has 4 aromatic rings. The van der Waals surface area contributed by atoms with Crippen LogP contribution in [0.15, 0.2) is 108 Å². The van der Waals surface area contributed by atoms with Crippen molar-refractivity contribution in [3.8, 4) is 0 Å². The normalized spacial score (nSPS) is 11.9. The molecule has 0 heterocycles. The predicted molar refractivity (Wildman–Crippen MR) is 172 cm³/mol. The number of carbonyl (C=O) groups is 2. The summed E-state index contributed by atoms with van der Waals surface area (Å²) >= 11 is 18.9. The summed E-state index contributed by atoms with van der Waals surface area (Å²) in [6.45, 7) is 1.50. The standard InChI is InChI=1S/C32H30Cl3N3O4S/c1-2-36-32(40)30(19-23-10-5-3-6-11-23)37(21-24-12-9-13-25(33)18-24)31(39)22-38(29-17-16-26(34)20-28(29)35)43(41,42)27-14-7-4-8-15-27/h3-18,20,30H,2,19,21-22H2,1H3,(H,36,40). The molecule has 0 radical (unpaired) electrons. The van der Waals surface area contributed by atoms with Crippen LogP contribution in [0, 0.1) is 0 Å². The zero-order valence-corrected chi connectivity index (χ0v) is 26.4. The van der Waals surface area contributed by atoms with Gasteiger partial charge in [-0.15, -0.1) is 0 Å². The van der Waals surface area contributed by atoms with E-state index in [4.69, 9.17) is 34.8 Å². The Balaban J connectivity index is 1.81. The number of sulfonamides is 1. The smallest absolute Gasteiger partial charge is 0.264 e. The Bertz CT molecular complexity index is 1670. The van der Waals surface area contributed by atoms with Crippen molar-refractivity contribution in [2.24, 2.45) is 0 Å². The molecule has 7 nitrogen and oxygen atoms in total. The van der Waals surface area contributed by atoms with Crippen LogP contribution in [0.4, 0.5) is 5.69 Å². The molecule has 0 aromatic heterocycles. The van der Waals surface area contributed by atoms with Crippen molar-refractivity contribution >= 4 is 62.3 Å². The lowest BCUT2D eigenvalue weighted by atomic mass is 10.0. The quantitative estimate of drug-likeness (QED) is 0.185. The molecule has 0 aliphatic heterocycles. The molecule has 11 heteroatoms. The predicted octanol–water partition coefficient (Wildman–Crippen LogP) is 6.62. The Morgan fingerprint density at radius 1 is 0.791 bits per heavy atom. The number of benzene rings is 4. The van der Waals surface area contributed by atoms with Gasteiger partial charge in [0.2, 0.25) is 11.8 Å². The summed E-state index contributed by atoms with van der Waals surface area (Å²) in [7, 11) is -4.28. The topological polar surface area (TPSA) is 86.8 Å². The van der Waals surface area contributed by atoms with Crippen molar-refractivity contribution in [1.29, 1.82) is 0 Å². The summed E-state index contributed by atoms with van der Waals surface area (Å²) in [5.74, 6) is -0.985. The number of likely N-dealkylation sites (N-methyl/N-ethyl adjacent to an activating group) is 1. The number of nitrogens with zero attached hydrogens (tertiary/aromatic N) is 2. The van der Waals surface area contributed by atoms with Gasteiger partial charge in [-0.1, -0.05) is 95.5 Å². The van der Waals surface area contributed by atoms with Crippen molar-refractivity contribution in [3.63, 3.8) is 0 Å². The Morgan fingerprint density at radius 2 is 1.42 bits per heavy atom. The molecule has 43 heavy (non-hydrogen) atoms. The Morgan fingerprint density at radius 3 is 2.05 bits per heavy atom. The van der Waals surface area contributed by atoms with Crippen LogP contribution in [-0.4, -0.2) is 44.3 Å². The first-order chi connectivity index (χ1) is 20.6. The molecule has 0 saturated carbocycles. The van der Waals surface area contributed by atoms with E-state index in [9.17, 15) is 18.0 Å². The van der Waals surface area contributed by atoms with Gasteiger partial charge in [-0.3, -0.25) is 13.9 Å². The van der Waals surface area contributed by atoms with Gasteiger partial charge in [-0.25, -0.2) is 8.42 Å². The molecule has 4 aromatic carbocycles. The third kappa shape index (κ3) is 8.30. The largest absolute Gasteiger partial charge is 0.355 e. The number of halogens is 3. The van der Waals surface area contributed by atoms with E-state index in [0.29, 0.717) is 22.2 Å². The van der Waals surface area contributed by atoms with Crippen LogP contribution in [0.2, 0.25) is 15.1 Å². The van der Waals surface area contributed by atoms with Crippen LogP contribution < -0.4 is 9.62 Å². The van der Waals surface area contributed by atoms with Crippen LogP contribution in [0.3, 0.4) is 0 Å². The summed E-state index contributed by atoms with van der Waals surface area (Å²) in [5.41, 5.74) is 1.57. The van der Waals surface area contributed by atoms with Crippen LogP contribution in [-0.2, 0) is 32.6 Å². The van der Waals surface area contributed by atoms with Crippen molar-refractivity contribution in [3.05, 3.63) is 129 Å². The lowest BCUT2D eigenvalue weighted by Crippen LogP contribution is -2.53. The molecular weight excluding hydrogens is 629 g/mol. The van der Waals surface area contributed by atoms with Gasteiger partial charge in [-0.2, -0.15) is 0 Å². The summed E-state index contributed by atoms with van der Waals surface area (Å²) in [4.78, 5) is 29.2. The van der Waals surface area contributed by atoms with Crippen LogP contribution >= 0.6 is 34.8 Å². The fourth-order valence-electron chi connectivity index (χ4n) is 4.59. The zero-order valence-electron chi connectivity index (χ0n) is 23.3. The number of amides is 2. The highest BCUT2D eigenvalue weighted by Gasteiger charge is 2.35. The maximum atomic E-state index is 14.4. The van der Waals surface area contributed by atoms with E-state index in [-0.39, 0.29) is 34.5 Å². The first-order valence-electron chi connectivity index (χ1n) is 13.5. The van der Waals surface area contributed by atoms with Crippen molar-refractivity contribution in [1.82, 2.24) is 10.2 Å². The van der Waals surface area contributed by atoms with Gasteiger partial charge >= 0.3 is 0 Å². The third-order valence-corrected chi connectivity index (χ3v) is 9.20. The number of nitrogens with one attached hydrogen (secondary N) is 1. The molecule has 0 fully saturated rings. The number of rotatable bonds is 12. The van der Waals surface area contributed by atoms with Gasteiger partial charge in [0.15, 0.2) is 0 Å². The number of anilines is 1. The highest BCUT2D eigenvalue weighted by Crippen LogP contribution is 2.33. The highest BCUT2D eigenvalue weighted by molar-refractivity contribution is 7.92. The lowest BCUT2D eigenvalue weighted by Gasteiger charge is -2.34. The van der Waals surface area contributed by atoms with Crippen molar-refractivity contribution < 1.29 is 18.0 Å².